The van der Waals surface area contributed by atoms with E-state index >= 15 is 0 Å². The maximum Gasteiger partial charge on any atom is 0.431 e. The van der Waals surface area contributed by atoms with Crippen molar-refractivity contribution in [2.75, 3.05) is 6.61 Å². The quantitative estimate of drug-likeness (QED) is 0.0723. The molecular formula is C26H44N2O5. The van der Waals surface area contributed by atoms with Gasteiger partial charge in [-0.25, -0.2) is 10.6 Å². The number of phenols is 2. The number of hydrazine groups is 1. The molecule has 0 atom stereocenters. The van der Waals surface area contributed by atoms with E-state index in [1.807, 2.05) is 0 Å². The monoisotopic (exact) mass is 464 g/mol. The Morgan fingerprint density at radius 2 is 1.24 bits per heavy atom. The van der Waals surface area contributed by atoms with Crippen LogP contribution in [0.4, 0.5) is 4.79 Å². The third kappa shape index (κ3) is 13.1. The van der Waals surface area contributed by atoms with Gasteiger partial charge >= 0.3 is 6.09 Å². The van der Waals surface area contributed by atoms with Crippen LogP contribution < -0.4 is 5.84 Å². The first-order valence-corrected chi connectivity index (χ1v) is 12.7. The molecule has 1 aromatic rings. The molecular weight excluding hydrogens is 420 g/mol. The maximum absolute atomic E-state index is 12.2. The van der Waals surface area contributed by atoms with E-state index in [0.29, 0.717) is 11.4 Å². The van der Waals surface area contributed by atoms with Crippen LogP contribution in [0.15, 0.2) is 18.2 Å². The Bertz CT molecular complexity index is 681. The normalized spacial score (nSPS) is 10.8. The van der Waals surface area contributed by atoms with E-state index < -0.39 is 12.0 Å². The maximum atomic E-state index is 12.2. The van der Waals surface area contributed by atoms with Gasteiger partial charge in [-0.15, -0.1) is 0 Å². The summed E-state index contributed by atoms with van der Waals surface area (Å²) in [4.78, 5) is 24.1. The second-order valence-electron chi connectivity index (χ2n) is 8.79. The lowest BCUT2D eigenvalue weighted by Crippen LogP contribution is -2.43. The molecule has 2 amide bonds. The second-order valence-corrected chi connectivity index (χ2v) is 8.79. The van der Waals surface area contributed by atoms with Crippen LogP contribution in [-0.2, 0) is 4.74 Å². The Balaban J connectivity index is 1.96. The summed E-state index contributed by atoms with van der Waals surface area (Å²) in [6.45, 7) is 2.44. The molecule has 0 radical (unpaired) electrons. The number of rotatable bonds is 18. The molecule has 0 saturated carbocycles. The van der Waals surface area contributed by atoms with Gasteiger partial charge in [-0.05, 0) is 24.6 Å². The molecule has 0 aromatic heterocycles. The van der Waals surface area contributed by atoms with Crippen LogP contribution in [0.25, 0.3) is 0 Å². The van der Waals surface area contributed by atoms with Gasteiger partial charge in [0.1, 0.15) is 11.5 Å². The largest absolute Gasteiger partial charge is 0.508 e. The molecule has 33 heavy (non-hydrogen) atoms. The molecule has 0 unspecified atom stereocenters. The number of unbranched alkanes of at least 4 members (excludes halogenated alkanes) is 15. The lowest BCUT2D eigenvalue weighted by Gasteiger charge is -2.15. The topological polar surface area (TPSA) is 113 Å². The summed E-state index contributed by atoms with van der Waals surface area (Å²) in [5.41, 5.74) is -0.267. The minimum atomic E-state index is -0.983. The number of carbonyl (C=O) groups excluding carboxylic acids is 2. The van der Waals surface area contributed by atoms with Gasteiger partial charge in [0.25, 0.3) is 5.91 Å². The van der Waals surface area contributed by atoms with Crippen molar-refractivity contribution in [2.24, 2.45) is 5.84 Å². The highest BCUT2D eigenvalue weighted by atomic mass is 16.6. The van der Waals surface area contributed by atoms with E-state index in [2.05, 4.69) is 6.92 Å². The van der Waals surface area contributed by atoms with E-state index in [0.717, 1.165) is 25.0 Å². The molecule has 0 fully saturated rings. The molecule has 0 aliphatic carbocycles. The van der Waals surface area contributed by atoms with Crippen molar-refractivity contribution < 1.29 is 24.5 Å². The van der Waals surface area contributed by atoms with Gasteiger partial charge in [0.15, 0.2) is 0 Å². The zero-order valence-corrected chi connectivity index (χ0v) is 20.4. The summed E-state index contributed by atoms with van der Waals surface area (Å²) in [7, 11) is 0. The lowest BCUT2D eigenvalue weighted by molar-refractivity contribution is 0.0653. The summed E-state index contributed by atoms with van der Waals surface area (Å²) in [5, 5.41) is 19.4. The van der Waals surface area contributed by atoms with Crippen molar-refractivity contribution in [3.05, 3.63) is 23.8 Å². The van der Waals surface area contributed by atoms with Gasteiger partial charge in [-0.1, -0.05) is 103 Å². The average molecular weight is 465 g/mol. The zero-order chi connectivity index (χ0) is 24.3. The molecule has 4 N–H and O–H groups in total. The SMILES string of the molecule is CCCCCCCCCCCCCCCCCCOC(=O)N(N)C(=O)c1cc(O)ccc1O. The molecule has 7 nitrogen and oxygen atoms in total. The van der Waals surface area contributed by atoms with Gasteiger partial charge in [0, 0.05) is 0 Å². The highest BCUT2D eigenvalue weighted by Crippen LogP contribution is 2.23. The Morgan fingerprint density at radius 3 is 1.73 bits per heavy atom. The van der Waals surface area contributed by atoms with E-state index in [9.17, 15) is 19.8 Å². The third-order valence-electron chi connectivity index (χ3n) is 5.85. The number of aromatic hydroxyl groups is 2. The third-order valence-corrected chi connectivity index (χ3v) is 5.85. The molecule has 0 aliphatic heterocycles. The Hall–Kier alpha value is -2.28. The summed E-state index contributed by atoms with van der Waals surface area (Å²) in [6.07, 6.45) is 19.2. The molecule has 0 bridgehead atoms. The first-order chi connectivity index (χ1) is 16.0. The highest BCUT2D eigenvalue weighted by molar-refractivity contribution is 6.04. The molecule has 1 rings (SSSR count). The van der Waals surface area contributed by atoms with Crippen molar-refractivity contribution >= 4 is 12.0 Å². The van der Waals surface area contributed by atoms with E-state index in [1.54, 1.807) is 0 Å². The van der Waals surface area contributed by atoms with Gasteiger partial charge in [0.05, 0.1) is 12.2 Å². The fourth-order valence-corrected chi connectivity index (χ4v) is 3.79. The Labute approximate surface area is 199 Å². The number of nitrogens with zero attached hydrogens (tertiary/aromatic N) is 1. The number of hydrogen-bond acceptors (Lipinski definition) is 6. The summed E-state index contributed by atoms with van der Waals surface area (Å²) >= 11 is 0. The number of imide groups is 1. The van der Waals surface area contributed by atoms with Crippen molar-refractivity contribution in [3.8, 4) is 11.5 Å². The van der Waals surface area contributed by atoms with Crippen molar-refractivity contribution in [2.45, 2.75) is 110 Å². The predicted molar refractivity (Wildman–Crippen MR) is 131 cm³/mol. The predicted octanol–water partition coefficient (Wildman–Crippen LogP) is 6.81. The van der Waals surface area contributed by atoms with Crippen LogP contribution in [0.3, 0.4) is 0 Å². The molecule has 7 heteroatoms. The summed E-state index contributed by atoms with van der Waals surface area (Å²) < 4.78 is 5.03. The number of carbonyl (C=O) groups is 2. The minimum Gasteiger partial charge on any atom is -0.508 e. The molecule has 0 saturated heterocycles. The van der Waals surface area contributed by atoms with E-state index in [-0.39, 0.29) is 23.7 Å². The van der Waals surface area contributed by atoms with Crippen molar-refractivity contribution in [1.82, 2.24) is 5.01 Å². The fourth-order valence-electron chi connectivity index (χ4n) is 3.79. The molecule has 1 aromatic carbocycles. The second kappa shape index (κ2) is 18.2. The van der Waals surface area contributed by atoms with Crippen LogP contribution in [-0.4, -0.2) is 33.8 Å². The van der Waals surface area contributed by atoms with E-state index in [1.165, 1.54) is 89.5 Å². The first kappa shape index (κ1) is 28.8. The number of nitrogens with two attached hydrogens (primary N) is 1. The average Bonchev–Trinajstić information content (AvgIpc) is 2.81. The first-order valence-electron chi connectivity index (χ1n) is 12.7. The number of hydrogen-bond donors (Lipinski definition) is 3. The lowest BCUT2D eigenvalue weighted by atomic mass is 10.0. The smallest absolute Gasteiger partial charge is 0.431 e. The van der Waals surface area contributed by atoms with Crippen LogP contribution in [0.5, 0.6) is 11.5 Å². The summed E-state index contributed by atoms with van der Waals surface area (Å²) in [5.74, 6) is 3.96. The Morgan fingerprint density at radius 1 is 0.788 bits per heavy atom. The van der Waals surface area contributed by atoms with Gasteiger partial charge in [0.2, 0.25) is 0 Å². The molecule has 0 heterocycles. The summed E-state index contributed by atoms with van der Waals surface area (Å²) in [6, 6.07) is 3.42. The van der Waals surface area contributed by atoms with Gasteiger partial charge in [-0.2, -0.15) is 5.01 Å². The van der Waals surface area contributed by atoms with Crippen LogP contribution in [0, 0.1) is 0 Å². The molecule has 0 aliphatic rings. The Kier molecular flexibility index (Phi) is 15.8. The molecule has 0 spiro atoms. The minimum absolute atomic E-state index is 0.185. The van der Waals surface area contributed by atoms with Crippen LogP contribution in [0.2, 0.25) is 0 Å². The van der Waals surface area contributed by atoms with E-state index in [4.69, 9.17) is 10.6 Å². The van der Waals surface area contributed by atoms with Gasteiger partial charge < -0.3 is 14.9 Å². The van der Waals surface area contributed by atoms with Crippen molar-refractivity contribution in [3.63, 3.8) is 0 Å². The fraction of sp³-hybridized carbons (Fsp3) is 0.692. The van der Waals surface area contributed by atoms with Crippen LogP contribution in [0.1, 0.15) is 120 Å². The van der Waals surface area contributed by atoms with Crippen LogP contribution >= 0.6 is 0 Å². The standard InChI is InChI=1S/C26H44N2O5/c1-2-3-4-5-6-7-8-9-10-11-12-13-14-15-16-17-20-33-26(32)28(27)25(31)23-21-22(29)18-19-24(23)30/h18-19,21,29-30H,2-17,20,27H2,1H3. The number of benzene rings is 1. The zero-order valence-electron chi connectivity index (χ0n) is 20.4. The number of ether oxygens (including phenoxy) is 1. The van der Waals surface area contributed by atoms with Crippen molar-refractivity contribution in [1.29, 1.82) is 0 Å². The van der Waals surface area contributed by atoms with Gasteiger partial charge in [-0.3, -0.25) is 4.79 Å². The number of phenolic OH excluding ortho intramolecular Hbond substituents is 2. The highest BCUT2D eigenvalue weighted by Gasteiger charge is 2.23. The molecule has 188 valence electrons. The number of amides is 2.